The van der Waals surface area contributed by atoms with Crippen LogP contribution in [0.2, 0.25) is 5.02 Å². The van der Waals surface area contributed by atoms with Crippen LogP contribution in [0.3, 0.4) is 0 Å². The Morgan fingerprint density at radius 1 is 1.00 bits per heavy atom. The number of rotatable bonds is 10. The number of alkyl halides is 3. The number of aryl methyl sites for hydroxylation is 2. The second-order valence-electron chi connectivity index (χ2n) is 8.38. The van der Waals surface area contributed by atoms with Crippen molar-refractivity contribution in [2.24, 2.45) is 0 Å². The van der Waals surface area contributed by atoms with E-state index >= 15 is 0 Å². The van der Waals surface area contributed by atoms with Gasteiger partial charge in [-0.05, 0) is 49.7 Å². The molecule has 0 aromatic heterocycles. The molecule has 11 heteroatoms. The summed E-state index contributed by atoms with van der Waals surface area (Å²) in [4.78, 5) is 12.6. The molecule has 0 aliphatic carbocycles. The Hall–Kier alpha value is -2.69. The quantitative estimate of drug-likeness (QED) is 0.294. The Morgan fingerprint density at radius 2 is 1.70 bits per heavy atom. The molecular weight excluding hydrogens is 545 g/mol. The molecule has 198 valence electrons. The highest BCUT2D eigenvalue weighted by molar-refractivity contribution is 7.98. The summed E-state index contributed by atoms with van der Waals surface area (Å²) >= 11 is 7.32. The van der Waals surface area contributed by atoms with Gasteiger partial charge in [0.2, 0.25) is 5.91 Å². The van der Waals surface area contributed by atoms with E-state index in [2.05, 4.69) is 11.4 Å². The molecule has 0 saturated heterocycles. The molecule has 0 bridgehead atoms. The van der Waals surface area contributed by atoms with E-state index in [9.17, 15) is 26.4 Å². The highest BCUT2D eigenvalue weighted by Crippen LogP contribution is 2.38. The van der Waals surface area contributed by atoms with Gasteiger partial charge in [-0.1, -0.05) is 59.1 Å². The molecule has 0 fully saturated rings. The summed E-state index contributed by atoms with van der Waals surface area (Å²) in [5.74, 6) is 0.676. The normalized spacial score (nSPS) is 11.8. The third-order valence-corrected chi connectivity index (χ3v) is 8.51. The number of carbonyl (C=O) groups excluding carboxylic acids is 1. The number of hydrogen-bond acceptors (Lipinski definition) is 4. The fraction of sp³-hybridized carbons (Fsp3) is 0.269. The molecule has 3 rings (SSSR count). The van der Waals surface area contributed by atoms with E-state index in [1.165, 1.54) is 12.1 Å². The highest BCUT2D eigenvalue weighted by atomic mass is 35.5. The first-order valence-electron chi connectivity index (χ1n) is 11.2. The zero-order valence-electron chi connectivity index (χ0n) is 20.2. The smallest absolute Gasteiger partial charge is 0.354 e. The summed E-state index contributed by atoms with van der Waals surface area (Å²) in [5, 5.41) is 2.08. The van der Waals surface area contributed by atoms with Crippen LogP contribution in [0, 0.1) is 13.8 Å². The fourth-order valence-electron chi connectivity index (χ4n) is 3.48. The number of sulfonamides is 1. The Kier molecular flexibility index (Phi) is 9.55. The van der Waals surface area contributed by atoms with Crippen LogP contribution in [0.15, 0.2) is 71.6 Å². The number of anilines is 1. The van der Waals surface area contributed by atoms with E-state index in [1.807, 2.05) is 25.1 Å². The van der Waals surface area contributed by atoms with Crippen LogP contribution in [0.25, 0.3) is 0 Å². The second-order valence-corrected chi connectivity index (χ2v) is 11.8. The predicted molar refractivity (Wildman–Crippen MR) is 143 cm³/mol. The minimum atomic E-state index is -4.80. The molecule has 3 aromatic rings. The first-order valence-corrected chi connectivity index (χ1v) is 14.2. The van der Waals surface area contributed by atoms with E-state index in [4.69, 9.17) is 11.6 Å². The molecule has 37 heavy (non-hydrogen) atoms. The fourth-order valence-corrected chi connectivity index (χ4v) is 5.92. The van der Waals surface area contributed by atoms with Gasteiger partial charge >= 0.3 is 6.18 Å². The van der Waals surface area contributed by atoms with Crippen molar-refractivity contribution in [1.82, 2.24) is 5.32 Å². The van der Waals surface area contributed by atoms with Gasteiger partial charge in [-0.2, -0.15) is 24.9 Å². The number of nitrogens with zero attached hydrogens (tertiary/aromatic N) is 1. The van der Waals surface area contributed by atoms with Crippen LogP contribution in [0.5, 0.6) is 0 Å². The van der Waals surface area contributed by atoms with Crippen molar-refractivity contribution in [2.75, 3.05) is 23.1 Å². The van der Waals surface area contributed by atoms with Crippen LogP contribution in [0.4, 0.5) is 18.9 Å². The average molecular weight is 571 g/mol. The van der Waals surface area contributed by atoms with Crippen molar-refractivity contribution >= 4 is 45.0 Å². The number of carbonyl (C=O) groups is 1. The number of hydrogen-bond donors (Lipinski definition) is 1. The van der Waals surface area contributed by atoms with Crippen LogP contribution in [0.1, 0.15) is 22.3 Å². The molecule has 0 heterocycles. The first kappa shape index (κ1) is 28.9. The van der Waals surface area contributed by atoms with Gasteiger partial charge in [-0.25, -0.2) is 8.42 Å². The molecule has 1 amide bonds. The van der Waals surface area contributed by atoms with Crippen molar-refractivity contribution in [2.45, 2.75) is 30.7 Å². The van der Waals surface area contributed by atoms with Crippen molar-refractivity contribution in [3.8, 4) is 0 Å². The van der Waals surface area contributed by atoms with E-state index in [0.717, 1.165) is 34.6 Å². The Balaban J connectivity index is 1.76. The van der Waals surface area contributed by atoms with Gasteiger partial charge in [0.05, 0.1) is 21.2 Å². The zero-order chi connectivity index (χ0) is 27.2. The maximum atomic E-state index is 13.5. The molecule has 0 saturated carbocycles. The summed E-state index contributed by atoms with van der Waals surface area (Å²) in [6, 6.07) is 16.6. The van der Waals surface area contributed by atoms with E-state index in [0.29, 0.717) is 16.1 Å². The first-order chi connectivity index (χ1) is 17.4. The van der Waals surface area contributed by atoms with Crippen LogP contribution >= 0.6 is 23.4 Å². The lowest BCUT2D eigenvalue weighted by molar-refractivity contribution is -0.137. The van der Waals surface area contributed by atoms with Crippen molar-refractivity contribution in [1.29, 1.82) is 0 Å². The second kappa shape index (κ2) is 12.2. The van der Waals surface area contributed by atoms with Gasteiger partial charge in [0.15, 0.2) is 0 Å². The topological polar surface area (TPSA) is 66.5 Å². The lowest BCUT2D eigenvalue weighted by atomic mass is 10.2. The molecule has 5 nitrogen and oxygen atoms in total. The molecule has 3 aromatic carbocycles. The molecule has 0 atom stereocenters. The van der Waals surface area contributed by atoms with Crippen LogP contribution in [-0.4, -0.2) is 33.2 Å². The summed E-state index contributed by atoms with van der Waals surface area (Å²) in [7, 11) is -4.36. The maximum Gasteiger partial charge on any atom is 0.417 e. The third-order valence-electron chi connectivity index (χ3n) is 5.36. The Bertz CT molecular complexity index is 1350. The summed E-state index contributed by atoms with van der Waals surface area (Å²) in [6.45, 7) is 3.34. The van der Waals surface area contributed by atoms with Gasteiger partial charge in [-0.3, -0.25) is 9.10 Å². The monoisotopic (exact) mass is 570 g/mol. The Morgan fingerprint density at radius 3 is 2.35 bits per heavy atom. The average Bonchev–Trinajstić information content (AvgIpc) is 2.82. The number of halogens is 4. The molecule has 0 unspecified atom stereocenters. The standard InChI is InChI=1S/C26H26ClF3N2O3S2/c1-18-6-9-22(10-7-18)37(34,35)32(21-8-11-24(27)23(15-21)26(28,29)30)16-25(33)31-12-13-36-17-20-5-3-4-19(2)14-20/h3-11,14-15H,12-13,16-17H2,1-2H3,(H,31,33). The van der Waals surface area contributed by atoms with Gasteiger partial charge in [0, 0.05) is 18.1 Å². The molecule has 0 radical (unpaired) electrons. The van der Waals surface area contributed by atoms with Crippen LogP contribution in [-0.2, 0) is 26.7 Å². The molecule has 0 aliphatic rings. The van der Waals surface area contributed by atoms with Gasteiger partial charge in [0.1, 0.15) is 6.54 Å². The molecular formula is C26H26ClF3N2O3S2. The molecule has 0 spiro atoms. The van der Waals surface area contributed by atoms with Crippen molar-refractivity contribution in [3.63, 3.8) is 0 Å². The summed E-state index contributed by atoms with van der Waals surface area (Å²) < 4.78 is 67.9. The summed E-state index contributed by atoms with van der Waals surface area (Å²) in [5.41, 5.74) is 1.59. The van der Waals surface area contributed by atoms with E-state index in [1.54, 1.807) is 30.8 Å². The summed E-state index contributed by atoms with van der Waals surface area (Å²) in [6.07, 6.45) is -4.80. The van der Waals surface area contributed by atoms with Gasteiger partial charge < -0.3 is 5.32 Å². The van der Waals surface area contributed by atoms with Crippen LogP contribution < -0.4 is 9.62 Å². The molecule has 0 aliphatic heterocycles. The van der Waals surface area contributed by atoms with Gasteiger partial charge in [-0.15, -0.1) is 0 Å². The maximum absolute atomic E-state index is 13.5. The van der Waals surface area contributed by atoms with Crippen molar-refractivity contribution < 1.29 is 26.4 Å². The number of amides is 1. The van der Waals surface area contributed by atoms with E-state index in [-0.39, 0.29) is 17.1 Å². The lowest BCUT2D eigenvalue weighted by Crippen LogP contribution is -2.41. The Labute approximate surface area is 224 Å². The highest BCUT2D eigenvalue weighted by Gasteiger charge is 2.35. The third kappa shape index (κ3) is 7.90. The van der Waals surface area contributed by atoms with Crippen molar-refractivity contribution in [3.05, 3.63) is 94.0 Å². The predicted octanol–water partition coefficient (Wildman–Crippen LogP) is 6.22. The van der Waals surface area contributed by atoms with Gasteiger partial charge in [0.25, 0.3) is 10.0 Å². The number of benzene rings is 3. The van der Waals surface area contributed by atoms with E-state index < -0.39 is 39.2 Å². The zero-order valence-corrected chi connectivity index (χ0v) is 22.6. The minimum absolute atomic E-state index is 0.150. The SMILES string of the molecule is Cc1ccc(S(=O)(=O)N(CC(=O)NCCSCc2cccc(C)c2)c2ccc(Cl)c(C(F)(F)F)c2)cc1. The number of thioether (sulfide) groups is 1. The lowest BCUT2D eigenvalue weighted by Gasteiger charge is -2.25. The molecule has 1 N–H and O–H groups in total. The largest absolute Gasteiger partial charge is 0.417 e. The minimum Gasteiger partial charge on any atom is -0.354 e. The number of nitrogens with one attached hydrogen (secondary N) is 1.